The van der Waals surface area contributed by atoms with Crippen LogP contribution in [0.25, 0.3) is 0 Å². The third-order valence-electron chi connectivity index (χ3n) is 2.84. The van der Waals surface area contributed by atoms with Crippen LogP contribution in [-0.4, -0.2) is 16.8 Å². The third-order valence-corrected chi connectivity index (χ3v) is 4.61. The highest BCUT2D eigenvalue weighted by Gasteiger charge is 2.17. The molecule has 120 valence electrons. The van der Waals surface area contributed by atoms with Gasteiger partial charge in [0, 0.05) is 21.4 Å². The van der Waals surface area contributed by atoms with Crippen LogP contribution in [0.2, 0.25) is 0 Å². The maximum Gasteiger partial charge on any atom is 0.317 e. The summed E-state index contributed by atoms with van der Waals surface area (Å²) >= 11 is 0. The van der Waals surface area contributed by atoms with Crippen molar-refractivity contribution in [3.63, 3.8) is 0 Å². The molecule has 0 heterocycles. The van der Waals surface area contributed by atoms with E-state index < -0.39 is 18.1 Å². The van der Waals surface area contributed by atoms with E-state index in [0.717, 1.165) is 11.1 Å². The number of hydrogen-bond donors (Lipinski definition) is 0. The Morgan fingerprint density at radius 3 is 1.68 bits per heavy atom. The molecule has 0 atom stereocenters. The smallest absolute Gasteiger partial charge is 0.219 e. The lowest BCUT2D eigenvalue weighted by Gasteiger charge is -2.06. The van der Waals surface area contributed by atoms with Gasteiger partial charge in [-0.1, -0.05) is 24.3 Å². The predicted octanol–water partition coefficient (Wildman–Crippen LogP) is 3.85. The van der Waals surface area contributed by atoms with Crippen molar-refractivity contribution >= 4 is 39.5 Å². The van der Waals surface area contributed by atoms with Gasteiger partial charge in [0.2, 0.25) is 9.84 Å². The van der Waals surface area contributed by atoms with E-state index in [4.69, 9.17) is 8.42 Å². The van der Waals surface area contributed by atoms with E-state index in [9.17, 15) is 8.42 Å². The van der Waals surface area contributed by atoms with Crippen molar-refractivity contribution in [2.75, 3.05) is 0 Å². The second kappa shape index (κ2) is 7.46. The van der Waals surface area contributed by atoms with E-state index >= 15 is 0 Å². The summed E-state index contributed by atoms with van der Waals surface area (Å²) < 4.78 is 42.9. The average Bonchev–Trinajstić information content (AvgIpc) is 2.41. The van der Waals surface area contributed by atoms with Crippen LogP contribution in [0.5, 0.6) is 0 Å². The van der Waals surface area contributed by atoms with Gasteiger partial charge in [0.25, 0.3) is 0 Å². The van der Waals surface area contributed by atoms with Gasteiger partial charge >= 0.3 is 8.26 Å². The molecule has 0 aliphatic heterocycles. The lowest BCUT2D eigenvalue weighted by molar-refractivity contribution is 0.596. The van der Waals surface area contributed by atoms with Gasteiger partial charge in [-0.05, 0) is 49.2 Å². The summed E-state index contributed by atoms with van der Waals surface area (Å²) in [6.45, 7) is 3.88. The van der Waals surface area contributed by atoms with Crippen molar-refractivity contribution in [1.82, 2.24) is 0 Å². The molecule has 0 N–H and O–H groups in total. The molecule has 0 fully saturated rings. The van der Waals surface area contributed by atoms with Gasteiger partial charge in [-0.15, -0.1) is 0 Å². The topological polar surface area (TPSA) is 68.3 Å². The molecular weight excluding hydrogens is 367 g/mol. The van der Waals surface area contributed by atoms with Gasteiger partial charge in [0.1, 0.15) is 0 Å². The molecule has 0 amide bonds. The van der Waals surface area contributed by atoms with Crippen molar-refractivity contribution in [2.24, 2.45) is 0 Å². The van der Waals surface area contributed by atoms with Crippen LogP contribution in [0.4, 0.5) is 0 Å². The van der Waals surface area contributed by atoms with E-state index in [0.29, 0.717) is 9.79 Å². The molecule has 0 radical (unpaired) electrons. The zero-order valence-corrected chi connectivity index (χ0v) is 15.0. The minimum absolute atomic E-state index is 0.336. The average molecular weight is 381 g/mol. The van der Waals surface area contributed by atoms with Gasteiger partial charge in [0.15, 0.2) is 0 Å². The van der Waals surface area contributed by atoms with Crippen LogP contribution in [0.1, 0.15) is 11.1 Å². The Morgan fingerprint density at radius 2 is 1.23 bits per heavy atom. The highest BCUT2D eigenvalue weighted by atomic mass is 36.0. The number of aryl methyl sites for hydroxylation is 2. The van der Waals surface area contributed by atoms with Crippen LogP contribution in [0.3, 0.4) is 0 Å². The molecule has 0 bridgehead atoms. The molecule has 0 unspecified atom stereocenters. The first kappa shape index (κ1) is 19.0. The molecule has 8 heteroatoms. The normalized spacial score (nSPS) is 11.5. The Hall–Kier alpha value is -1.08. The largest absolute Gasteiger partial charge is 0.317 e. The predicted molar refractivity (Wildman–Crippen MR) is 88.4 cm³/mol. The van der Waals surface area contributed by atoms with Crippen LogP contribution < -0.4 is 0 Å². The lowest BCUT2D eigenvalue weighted by atomic mass is 10.1. The summed E-state index contributed by atoms with van der Waals surface area (Å²) in [5, 5.41) is 0. The van der Waals surface area contributed by atoms with Crippen LogP contribution in [-0.2, 0) is 18.1 Å². The third kappa shape index (κ3) is 5.96. The van der Waals surface area contributed by atoms with E-state index in [1.165, 1.54) is 0 Å². The fourth-order valence-corrected chi connectivity index (χ4v) is 2.98. The van der Waals surface area contributed by atoms with Crippen molar-refractivity contribution in [3.8, 4) is 0 Å². The van der Waals surface area contributed by atoms with E-state index in [1.54, 1.807) is 42.5 Å². The maximum absolute atomic E-state index is 12.3. The highest BCUT2D eigenvalue weighted by Crippen LogP contribution is 2.22. The van der Waals surface area contributed by atoms with E-state index in [-0.39, 0.29) is 0 Å². The van der Waals surface area contributed by atoms with Crippen molar-refractivity contribution in [2.45, 2.75) is 23.6 Å². The molecule has 0 saturated carbocycles. The Morgan fingerprint density at radius 1 is 0.727 bits per heavy atom. The molecule has 0 aliphatic carbocycles. The fraction of sp³-hybridized carbons (Fsp3) is 0.143. The lowest BCUT2D eigenvalue weighted by Crippen LogP contribution is -2.02. The highest BCUT2D eigenvalue weighted by molar-refractivity contribution is 8.31. The van der Waals surface area contributed by atoms with Crippen LogP contribution >= 0.6 is 21.4 Å². The molecule has 4 nitrogen and oxygen atoms in total. The second-order valence-electron chi connectivity index (χ2n) is 4.44. The zero-order chi connectivity index (χ0) is 17.0. The molecule has 0 saturated heterocycles. The first-order valence-electron chi connectivity index (χ1n) is 6.03. The number of halogens is 2. The summed E-state index contributed by atoms with van der Waals surface area (Å²) in [5.74, 6) is 0. The maximum atomic E-state index is 12.3. The summed E-state index contributed by atoms with van der Waals surface area (Å²) in [6, 6.07) is 13.7. The first-order chi connectivity index (χ1) is 10.0. The van der Waals surface area contributed by atoms with Crippen LogP contribution in [0.15, 0.2) is 58.3 Å². The summed E-state index contributed by atoms with van der Waals surface area (Å²) in [4.78, 5) is 0.690. The Balaban J connectivity index is 0.000000422. The Bertz CT molecular complexity index is 838. The number of rotatable bonds is 2. The quantitative estimate of drug-likeness (QED) is 0.741. The van der Waals surface area contributed by atoms with Gasteiger partial charge < -0.3 is 0 Å². The van der Waals surface area contributed by atoms with Gasteiger partial charge in [0.05, 0.1) is 9.79 Å². The molecule has 2 rings (SSSR count). The molecule has 0 aliphatic rings. The van der Waals surface area contributed by atoms with E-state index in [2.05, 4.69) is 21.4 Å². The minimum atomic E-state index is -3.72. The summed E-state index contributed by atoms with van der Waals surface area (Å²) in [7, 11) is 1.44. The fourth-order valence-electron chi connectivity index (χ4n) is 1.62. The summed E-state index contributed by atoms with van der Waals surface area (Å²) in [6.07, 6.45) is 0. The summed E-state index contributed by atoms with van der Waals surface area (Å²) in [5.41, 5.74) is 2.08. The molecule has 2 aromatic rings. The van der Waals surface area contributed by atoms with Gasteiger partial charge in [-0.3, -0.25) is 0 Å². The van der Waals surface area contributed by atoms with Crippen LogP contribution in [0, 0.1) is 13.8 Å². The zero-order valence-electron chi connectivity index (χ0n) is 11.8. The molecule has 0 aromatic heterocycles. The monoisotopic (exact) mass is 380 g/mol. The van der Waals surface area contributed by atoms with E-state index in [1.807, 2.05) is 19.9 Å². The molecule has 22 heavy (non-hydrogen) atoms. The number of hydrogen-bond acceptors (Lipinski definition) is 4. The van der Waals surface area contributed by atoms with Crippen molar-refractivity contribution < 1.29 is 16.8 Å². The Kier molecular flexibility index (Phi) is 6.43. The molecular formula is C14H14Cl2O4S2. The second-order valence-corrected chi connectivity index (χ2v) is 10.1. The SMILES string of the molecule is Cc1ccc(S(=O)(=O)c2ccccc2)cc1C.O=S(=O)(Cl)Cl. The number of benzene rings is 2. The Labute approximate surface area is 139 Å². The van der Waals surface area contributed by atoms with Gasteiger partial charge in [-0.25, -0.2) is 8.42 Å². The number of sulfone groups is 1. The first-order valence-corrected chi connectivity index (χ1v) is 10.7. The molecule has 2 aromatic carbocycles. The van der Waals surface area contributed by atoms with Crippen molar-refractivity contribution in [1.29, 1.82) is 0 Å². The molecule has 0 spiro atoms. The van der Waals surface area contributed by atoms with Gasteiger partial charge in [-0.2, -0.15) is 8.42 Å². The standard InChI is InChI=1S/C14H14O2S.Cl2O2S/c1-11-8-9-14(10-12(11)2)17(15,16)13-6-4-3-5-7-13;1-5(2,3)4/h3-10H,1-2H3;. The minimum Gasteiger partial charge on any atom is -0.219 e. The van der Waals surface area contributed by atoms with Crippen molar-refractivity contribution in [3.05, 3.63) is 59.7 Å².